The molecular weight excluding hydrogens is 490 g/mol. The first-order valence-corrected chi connectivity index (χ1v) is 13.1. The number of nitrogens with one attached hydrogen (secondary N) is 1. The van der Waals surface area contributed by atoms with E-state index in [0.717, 1.165) is 11.1 Å². The third-order valence-corrected chi connectivity index (χ3v) is 7.85. The van der Waals surface area contributed by atoms with E-state index >= 15 is 0 Å². The van der Waals surface area contributed by atoms with Crippen LogP contribution in [0.4, 0.5) is 5.69 Å². The molecule has 4 aromatic rings. The zero-order valence-corrected chi connectivity index (χ0v) is 21.2. The molecular formula is C29H27NO6S. The third kappa shape index (κ3) is 5.29. The molecule has 0 unspecified atom stereocenters. The summed E-state index contributed by atoms with van der Waals surface area (Å²) >= 11 is 0. The molecule has 0 saturated heterocycles. The van der Waals surface area contributed by atoms with Crippen molar-refractivity contribution in [3.63, 3.8) is 0 Å². The van der Waals surface area contributed by atoms with Gasteiger partial charge in [-0.25, -0.2) is 8.42 Å². The SMILES string of the molecule is CC(C)c1ccccc1Cc1cc(C(=O)Nc2cccc(S(=O)(=O)c3ccccc3)c2)c(O)c(O)c1O. The van der Waals surface area contributed by atoms with Crippen molar-refractivity contribution in [2.45, 2.75) is 36.0 Å². The molecule has 0 atom stereocenters. The molecule has 37 heavy (non-hydrogen) atoms. The molecule has 4 aromatic carbocycles. The fraction of sp³-hybridized carbons (Fsp3) is 0.138. The number of phenols is 3. The zero-order chi connectivity index (χ0) is 26.7. The molecule has 0 aromatic heterocycles. The first-order chi connectivity index (χ1) is 17.6. The largest absolute Gasteiger partial charge is 0.504 e. The van der Waals surface area contributed by atoms with Crippen LogP contribution in [0.15, 0.2) is 94.7 Å². The van der Waals surface area contributed by atoms with Crippen LogP contribution < -0.4 is 5.32 Å². The van der Waals surface area contributed by atoms with Crippen LogP contribution in [0, 0.1) is 0 Å². The molecule has 0 fully saturated rings. The van der Waals surface area contributed by atoms with E-state index in [4.69, 9.17) is 0 Å². The number of carbonyl (C=O) groups excluding carboxylic acids is 1. The molecule has 4 N–H and O–H groups in total. The smallest absolute Gasteiger partial charge is 0.259 e. The Balaban J connectivity index is 1.66. The highest BCUT2D eigenvalue weighted by Crippen LogP contribution is 2.42. The molecule has 0 radical (unpaired) electrons. The first kappa shape index (κ1) is 25.8. The predicted molar refractivity (Wildman–Crippen MR) is 141 cm³/mol. The van der Waals surface area contributed by atoms with Crippen molar-refractivity contribution in [1.29, 1.82) is 0 Å². The van der Waals surface area contributed by atoms with Gasteiger partial charge in [0.2, 0.25) is 15.6 Å². The summed E-state index contributed by atoms with van der Waals surface area (Å²) < 4.78 is 25.9. The molecule has 7 nitrogen and oxygen atoms in total. The lowest BCUT2D eigenvalue weighted by Crippen LogP contribution is -2.13. The van der Waals surface area contributed by atoms with Crippen LogP contribution in [0.5, 0.6) is 17.2 Å². The van der Waals surface area contributed by atoms with Crippen molar-refractivity contribution in [1.82, 2.24) is 0 Å². The van der Waals surface area contributed by atoms with Crippen LogP contribution in [0.25, 0.3) is 0 Å². The molecule has 0 heterocycles. The molecule has 0 saturated carbocycles. The average molecular weight is 518 g/mol. The lowest BCUT2D eigenvalue weighted by atomic mass is 9.92. The van der Waals surface area contributed by atoms with Crippen molar-refractivity contribution < 1.29 is 28.5 Å². The highest BCUT2D eigenvalue weighted by Gasteiger charge is 2.23. The highest BCUT2D eigenvalue weighted by molar-refractivity contribution is 7.91. The van der Waals surface area contributed by atoms with Gasteiger partial charge < -0.3 is 20.6 Å². The van der Waals surface area contributed by atoms with E-state index in [1.165, 1.54) is 42.5 Å². The van der Waals surface area contributed by atoms with E-state index in [9.17, 15) is 28.5 Å². The van der Waals surface area contributed by atoms with Crippen molar-refractivity contribution in [2.75, 3.05) is 5.32 Å². The summed E-state index contributed by atoms with van der Waals surface area (Å²) in [6, 6.07) is 22.6. The second kappa shape index (κ2) is 10.4. The predicted octanol–water partition coefficient (Wildman–Crippen LogP) is 5.60. The average Bonchev–Trinajstić information content (AvgIpc) is 2.89. The zero-order valence-electron chi connectivity index (χ0n) is 20.3. The maximum atomic E-state index is 13.1. The third-order valence-electron chi connectivity index (χ3n) is 6.08. The molecule has 4 rings (SSSR count). The van der Waals surface area contributed by atoms with Crippen LogP contribution in [-0.2, 0) is 16.3 Å². The summed E-state index contributed by atoms with van der Waals surface area (Å²) in [5.74, 6) is -2.65. The standard InChI is InChI=1S/C29H27NO6S/c1-18(2)24-14-7-6-9-19(24)15-20-16-25(27(32)28(33)26(20)31)29(34)30-21-10-8-13-23(17-21)37(35,36)22-11-4-3-5-12-22/h3-14,16-18,31-33H,15H2,1-2H3,(H,30,34). The van der Waals surface area contributed by atoms with Crippen LogP contribution in [0.3, 0.4) is 0 Å². The van der Waals surface area contributed by atoms with Crippen molar-refractivity contribution in [2.24, 2.45) is 0 Å². The quantitative estimate of drug-likeness (QED) is 0.237. The van der Waals surface area contributed by atoms with Crippen LogP contribution >= 0.6 is 0 Å². The summed E-state index contributed by atoms with van der Waals surface area (Å²) in [4.78, 5) is 13.2. The van der Waals surface area contributed by atoms with Gasteiger partial charge in [0.15, 0.2) is 11.5 Å². The van der Waals surface area contributed by atoms with Gasteiger partial charge in [0.1, 0.15) is 0 Å². The molecule has 0 spiro atoms. The lowest BCUT2D eigenvalue weighted by molar-refractivity contribution is 0.102. The topological polar surface area (TPSA) is 124 Å². The Bertz CT molecular complexity index is 1560. The van der Waals surface area contributed by atoms with E-state index in [1.807, 2.05) is 38.1 Å². The fourth-order valence-electron chi connectivity index (χ4n) is 4.15. The van der Waals surface area contributed by atoms with Gasteiger partial charge in [0.05, 0.1) is 15.4 Å². The second-order valence-corrected chi connectivity index (χ2v) is 10.9. The van der Waals surface area contributed by atoms with E-state index in [0.29, 0.717) is 0 Å². The minimum Gasteiger partial charge on any atom is -0.504 e. The van der Waals surface area contributed by atoms with E-state index < -0.39 is 33.0 Å². The van der Waals surface area contributed by atoms with Gasteiger partial charge in [-0.05, 0) is 53.4 Å². The number of hydrogen-bond acceptors (Lipinski definition) is 6. The number of sulfone groups is 1. The number of benzene rings is 4. The van der Waals surface area contributed by atoms with E-state index in [-0.39, 0.29) is 38.9 Å². The lowest BCUT2D eigenvalue weighted by Gasteiger charge is -2.16. The molecule has 190 valence electrons. The Hall–Kier alpha value is -4.30. The number of amides is 1. The summed E-state index contributed by atoms with van der Waals surface area (Å²) in [6.45, 7) is 4.08. The molecule has 0 aliphatic rings. The van der Waals surface area contributed by atoms with Crippen LogP contribution in [0.2, 0.25) is 0 Å². The Kier molecular flexibility index (Phi) is 7.22. The van der Waals surface area contributed by atoms with Gasteiger partial charge in [-0.1, -0.05) is 62.4 Å². The minimum absolute atomic E-state index is 0.0137. The molecule has 0 aliphatic carbocycles. The van der Waals surface area contributed by atoms with Gasteiger partial charge >= 0.3 is 0 Å². The number of rotatable bonds is 7. The van der Waals surface area contributed by atoms with E-state index in [1.54, 1.807) is 18.2 Å². The summed E-state index contributed by atoms with van der Waals surface area (Å²) in [5, 5.41) is 33.8. The number of hydrogen-bond donors (Lipinski definition) is 4. The van der Waals surface area contributed by atoms with Gasteiger partial charge in [-0.2, -0.15) is 0 Å². The summed E-state index contributed by atoms with van der Waals surface area (Å²) in [7, 11) is -3.81. The molecule has 8 heteroatoms. The number of aromatic hydroxyl groups is 3. The summed E-state index contributed by atoms with van der Waals surface area (Å²) in [6.07, 6.45) is 0.221. The monoisotopic (exact) mass is 517 g/mol. The Morgan fingerprint density at radius 2 is 1.41 bits per heavy atom. The second-order valence-electron chi connectivity index (χ2n) is 8.96. The highest BCUT2D eigenvalue weighted by atomic mass is 32.2. The van der Waals surface area contributed by atoms with Gasteiger partial charge in [-0.15, -0.1) is 0 Å². The van der Waals surface area contributed by atoms with Gasteiger partial charge in [0.25, 0.3) is 5.91 Å². The summed E-state index contributed by atoms with van der Waals surface area (Å²) in [5.41, 5.74) is 2.14. The molecule has 1 amide bonds. The number of carbonyl (C=O) groups is 1. The van der Waals surface area contributed by atoms with Crippen molar-refractivity contribution in [3.05, 3.63) is 107 Å². The molecule has 0 aliphatic heterocycles. The first-order valence-electron chi connectivity index (χ1n) is 11.7. The molecule has 0 bridgehead atoms. The normalized spacial score (nSPS) is 11.4. The minimum atomic E-state index is -3.81. The van der Waals surface area contributed by atoms with Gasteiger partial charge in [-0.3, -0.25) is 4.79 Å². The number of phenolic OH excluding ortho intramolecular Hbond substituents is 3. The maximum absolute atomic E-state index is 13.1. The maximum Gasteiger partial charge on any atom is 0.259 e. The Labute approximate surface area is 215 Å². The fourth-order valence-corrected chi connectivity index (χ4v) is 5.48. The Morgan fingerprint density at radius 3 is 2.11 bits per heavy atom. The van der Waals surface area contributed by atoms with Crippen LogP contribution in [-0.4, -0.2) is 29.6 Å². The van der Waals surface area contributed by atoms with Crippen LogP contribution in [0.1, 0.15) is 46.8 Å². The van der Waals surface area contributed by atoms with E-state index in [2.05, 4.69) is 5.32 Å². The van der Waals surface area contributed by atoms with Crippen molar-refractivity contribution in [3.8, 4) is 17.2 Å². The Morgan fingerprint density at radius 1 is 0.757 bits per heavy atom. The number of anilines is 1. The van der Waals surface area contributed by atoms with Crippen molar-refractivity contribution >= 4 is 21.4 Å². The van der Waals surface area contributed by atoms with Gasteiger partial charge in [0, 0.05) is 17.7 Å².